The highest BCUT2D eigenvalue weighted by Gasteiger charge is 2.34. The quantitative estimate of drug-likeness (QED) is 0.850. The van der Waals surface area contributed by atoms with Crippen LogP contribution >= 0.6 is 0 Å². The molecule has 0 amide bonds. The summed E-state index contributed by atoms with van der Waals surface area (Å²) in [7, 11) is 0. The molecule has 3 nitrogen and oxygen atoms in total. The van der Waals surface area contributed by atoms with E-state index in [9.17, 15) is 0 Å². The molecule has 1 fully saturated rings. The Morgan fingerprint density at radius 2 is 2.00 bits per heavy atom. The first-order valence-corrected chi connectivity index (χ1v) is 6.35. The van der Waals surface area contributed by atoms with Gasteiger partial charge in [0.15, 0.2) is 0 Å². The van der Waals surface area contributed by atoms with Crippen molar-refractivity contribution in [2.75, 3.05) is 19.8 Å². The molecule has 1 aromatic carbocycles. The fourth-order valence-electron chi connectivity index (χ4n) is 2.87. The summed E-state index contributed by atoms with van der Waals surface area (Å²) in [4.78, 5) is 0. The van der Waals surface area contributed by atoms with Crippen molar-refractivity contribution in [3.8, 4) is 5.75 Å². The van der Waals surface area contributed by atoms with E-state index in [2.05, 4.69) is 12.1 Å². The van der Waals surface area contributed by atoms with Gasteiger partial charge >= 0.3 is 0 Å². The van der Waals surface area contributed by atoms with Gasteiger partial charge in [-0.05, 0) is 25.3 Å². The topological polar surface area (TPSA) is 44.5 Å². The lowest BCUT2D eigenvalue weighted by Crippen LogP contribution is -2.46. The minimum Gasteiger partial charge on any atom is -0.493 e. The highest BCUT2D eigenvalue weighted by Crippen LogP contribution is 2.39. The zero-order valence-electron chi connectivity index (χ0n) is 10.0. The van der Waals surface area contributed by atoms with E-state index < -0.39 is 0 Å². The lowest BCUT2D eigenvalue weighted by Gasteiger charge is -2.35. The molecule has 0 spiro atoms. The van der Waals surface area contributed by atoms with Gasteiger partial charge in [0.2, 0.25) is 0 Å². The van der Waals surface area contributed by atoms with E-state index in [0.29, 0.717) is 5.92 Å². The van der Waals surface area contributed by atoms with E-state index in [1.54, 1.807) is 0 Å². The molecule has 1 saturated heterocycles. The second kappa shape index (κ2) is 4.31. The monoisotopic (exact) mass is 233 g/mol. The van der Waals surface area contributed by atoms with Gasteiger partial charge in [-0.1, -0.05) is 18.2 Å². The molecule has 0 saturated carbocycles. The van der Waals surface area contributed by atoms with Crippen molar-refractivity contribution in [3.05, 3.63) is 29.8 Å². The summed E-state index contributed by atoms with van der Waals surface area (Å²) in [5, 5.41) is 0. The maximum absolute atomic E-state index is 6.46. The van der Waals surface area contributed by atoms with E-state index in [1.807, 2.05) is 12.1 Å². The second-order valence-corrected chi connectivity index (χ2v) is 5.22. The normalized spacial score (nSPS) is 26.3. The first kappa shape index (κ1) is 11.1. The van der Waals surface area contributed by atoms with Crippen molar-refractivity contribution in [2.24, 2.45) is 5.73 Å². The van der Waals surface area contributed by atoms with E-state index in [-0.39, 0.29) is 5.54 Å². The van der Waals surface area contributed by atoms with Crippen molar-refractivity contribution in [2.45, 2.75) is 30.7 Å². The molecule has 1 unspecified atom stereocenters. The standard InChI is InChI=1S/C14H19NO2/c15-14(5-7-16-8-6-14)9-11-10-17-13-4-2-1-3-12(11)13/h1-4,11H,5-10,15H2. The fraction of sp³-hybridized carbons (Fsp3) is 0.571. The van der Waals surface area contributed by atoms with E-state index in [4.69, 9.17) is 15.2 Å². The third-order valence-electron chi connectivity index (χ3n) is 3.94. The van der Waals surface area contributed by atoms with Crippen molar-refractivity contribution in [1.29, 1.82) is 0 Å². The van der Waals surface area contributed by atoms with Crippen LogP contribution in [0.4, 0.5) is 0 Å². The predicted molar refractivity (Wildman–Crippen MR) is 66.3 cm³/mol. The van der Waals surface area contributed by atoms with Gasteiger partial charge in [0.05, 0.1) is 6.61 Å². The summed E-state index contributed by atoms with van der Waals surface area (Å²) >= 11 is 0. The van der Waals surface area contributed by atoms with Crippen LogP contribution in [0.5, 0.6) is 5.75 Å². The molecular formula is C14H19NO2. The van der Waals surface area contributed by atoms with Crippen molar-refractivity contribution >= 4 is 0 Å². The molecule has 2 aliphatic heterocycles. The Morgan fingerprint density at radius 1 is 1.24 bits per heavy atom. The molecule has 2 aliphatic rings. The molecule has 0 aliphatic carbocycles. The van der Waals surface area contributed by atoms with Crippen LogP contribution in [0, 0.1) is 0 Å². The summed E-state index contributed by atoms with van der Waals surface area (Å²) < 4.78 is 11.1. The molecule has 3 heteroatoms. The lowest BCUT2D eigenvalue weighted by molar-refractivity contribution is 0.0468. The number of para-hydroxylation sites is 1. The number of hydrogen-bond donors (Lipinski definition) is 1. The molecule has 0 bridgehead atoms. The zero-order valence-corrected chi connectivity index (χ0v) is 10.0. The summed E-state index contributed by atoms with van der Waals surface area (Å²) in [5.41, 5.74) is 7.72. The average molecular weight is 233 g/mol. The maximum Gasteiger partial charge on any atom is 0.122 e. The minimum absolute atomic E-state index is 0.0657. The smallest absolute Gasteiger partial charge is 0.122 e. The van der Waals surface area contributed by atoms with Gasteiger partial charge < -0.3 is 15.2 Å². The van der Waals surface area contributed by atoms with Crippen LogP contribution in [-0.4, -0.2) is 25.4 Å². The maximum atomic E-state index is 6.46. The van der Waals surface area contributed by atoms with E-state index >= 15 is 0 Å². The number of fused-ring (bicyclic) bond motifs is 1. The Balaban J connectivity index is 1.74. The lowest BCUT2D eigenvalue weighted by atomic mass is 9.80. The molecular weight excluding hydrogens is 214 g/mol. The predicted octanol–water partition coefficient (Wildman–Crippen LogP) is 2.06. The van der Waals surface area contributed by atoms with Crippen LogP contribution < -0.4 is 10.5 Å². The number of benzene rings is 1. The van der Waals surface area contributed by atoms with Gasteiger partial charge in [-0.15, -0.1) is 0 Å². The van der Waals surface area contributed by atoms with Gasteiger partial charge in [-0.2, -0.15) is 0 Å². The fourth-order valence-corrected chi connectivity index (χ4v) is 2.87. The highest BCUT2D eigenvalue weighted by atomic mass is 16.5. The van der Waals surface area contributed by atoms with Gasteiger partial charge in [0, 0.05) is 30.2 Å². The minimum atomic E-state index is -0.0657. The first-order valence-electron chi connectivity index (χ1n) is 6.35. The van der Waals surface area contributed by atoms with Crippen molar-refractivity contribution in [3.63, 3.8) is 0 Å². The third kappa shape index (κ3) is 2.17. The van der Waals surface area contributed by atoms with Crippen LogP contribution in [0.2, 0.25) is 0 Å². The van der Waals surface area contributed by atoms with Crippen LogP contribution in [0.1, 0.15) is 30.7 Å². The molecule has 0 aromatic heterocycles. The summed E-state index contributed by atoms with van der Waals surface area (Å²) in [6.07, 6.45) is 2.94. The summed E-state index contributed by atoms with van der Waals surface area (Å²) in [5.74, 6) is 1.49. The molecule has 0 radical (unpaired) electrons. The van der Waals surface area contributed by atoms with Gasteiger partial charge in [0.25, 0.3) is 0 Å². The third-order valence-corrected chi connectivity index (χ3v) is 3.94. The zero-order chi connectivity index (χ0) is 11.7. The SMILES string of the molecule is NC1(CC2COc3ccccc32)CCOCC1. The molecule has 17 heavy (non-hydrogen) atoms. The Hall–Kier alpha value is -1.06. The van der Waals surface area contributed by atoms with Crippen LogP contribution in [0.3, 0.4) is 0 Å². The van der Waals surface area contributed by atoms with Crippen molar-refractivity contribution < 1.29 is 9.47 Å². The number of ether oxygens (including phenoxy) is 2. The molecule has 3 rings (SSSR count). The molecule has 2 N–H and O–H groups in total. The Morgan fingerprint density at radius 3 is 2.82 bits per heavy atom. The molecule has 2 heterocycles. The largest absolute Gasteiger partial charge is 0.493 e. The van der Waals surface area contributed by atoms with Gasteiger partial charge in [0.1, 0.15) is 5.75 Å². The Bertz CT molecular complexity index is 399. The van der Waals surface area contributed by atoms with Crippen LogP contribution in [0.25, 0.3) is 0 Å². The number of hydrogen-bond acceptors (Lipinski definition) is 3. The van der Waals surface area contributed by atoms with Gasteiger partial charge in [-0.3, -0.25) is 0 Å². The van der Waals surface area contributed by atoms with Crippen LogP contribution in [0.15, 0.2) is 24.3 Å². The van der Waals surface area contributed by atoms with Crippen LogP contribution in [-0.2, 0) is 4.74 Å². The summed E-state index contributed by atoms with van der Waals surface area (Å²) in [6, 6.07) is 8.31. The highest BCUT2D eigenvalue weighted by molar-refractivity contribution is 5.39. The van der Waals surface area contributed by atoms with Crippen molar-refractivity contribution in [1.82, 2.24) is 0 Å². The van der Waals surface area contributed by atoms with E-state index in [0.717, 1.165) is 44.8 Å². The number of nitrogens with two attached hydrogens (primary N) is 1. The first-order chi connectivity index (χ1) is 8.27. The van der Waals surface area contributed by atoms with Gasteiger partial charge in [-0.25, -0.2) is 0 Å². The molecule has 1 atom stereocenters. The molecule has 92 valence electrons. The summed E-state index contributed by atoms with van der Waals surface area (Å²) in [6.45, 7) is 2.37. The average Bonchev–Trinajstić information content (AvgIpc) is 2.73. The molecule has 1 aromatic rings. The van der Waals surface area contributed by atoms with E-state index in [1.165, 1.54) is 5.56 Å². The second-order valence-electron chi connectivity index (χ2n) is 5.22. The Kier molecular flexibility index (Phi) is 2.81. The Labute approximate surface area is 102 Å². The number of rotatable bonds is 2.